The number of benzene rings is 1. The van der Waals surface area contributed by atoms with Gasteiger partial charge in [-0.25, -0.2) is 32.8 Å². The Bertz CT molecular complexity index is 1230. The normalized spacial score (nSPS) is 20.5. The molecular weight excluding hydrogens is 444 g/mol. The lowest BCUT2D eigenvalue weighted by Crippen LogP contribution is -2.51. The van der Waals surface area contributed by atoms with Gasteiger partial charge in [0.2, 0.25) is 10.0 Å². The van der Waals surface area contributed by atoms with E-state index < -0.39 is 36.2 Å². The fourth-order valence-corrected chi connectivity index (χ4v) is 7.56. The summed E-state index contributed by atoms with van der Waals surface area (Å²) in [4.78, 5) is -0.681. The third-order valence-corrected chi connectivity index (χ3v) is 9.29. The average molecular weight is 469 g/mol. The van der Waals surface area contributed by atoms with Crippen molar-refractivity contribution in [3.8, 4) is 11.1 Å². The Hall–Kier alpha value is -1.91. The number of nitrogens with two attached hydrogens (primary N) is 1. The Morgan fingerprint density at radius 2 is 1.77 bits per heavy atom. The highest BCUT2D eigenvalue weighted by molar-refractivity contribution is 7.94. The van der Waals surface area contributed by atoms with E-state index in [4.69, 9.17) is 5.14 Å². The smallest absolute Gasteiger partial charge is 0.239 e. The largest absolute Gasteiger partial charge is 0.314 e. The van der Waals surface area contributed by atoms with E-state index in [1.807, 2.05) is 4.68 Å². The van der Waals surface area contributed by atoms with Crippen molar-refractivity contribution in [2.45, 2.75) is 47.0 Å². The summed E-state index contributed by atoms with van der Waals surface area (Å²) in [5.74, 6) is 0. The monoisotopic (exact) mass is 468 g/mol. The third-order valence-electron chi connectivity index (χ3n) is 5.99. The van der Waals surface area contributed by atoms with Gasteiger partial charge in [-0.3, -0.25) is 4.68 Å². The first-order valence-electron chi connectivity index (χ1n) is 9.99. The van der Waals surface area contributed by atoms with Crippen molar-refractivity contribution < 1.29 is 16.8 Å². The molecule has 1 aromatic carbocycles. The minimum Gasteiger partial charge on any atom is -0.314 e. The standard InChI is InChI=1S/C17H24N8O4S2/c18-31(28,29)16-14(30(26,27)10-7-19-8-10)5-4-11(15(16)17-21-23-24-22-17)12-9-20-25-6-2-1-3-13(12)25/h4-5,9-10,17,19,21-24H,1-3,6-8H2,(H2,18,28,29). The van der Waals surface area contributed by atoms with Crippen molar-refractivity contribution in [1.82, 2.24) is 37.0 Å². The van der Waals surface area contributed by atoms with Gasteiger partial charge in [-0.2, -0.15) is 16.2 Å². The highest BCUT2D eigenvalue weighted by Gasteiger charge is 2.40. The summed E-state index contributed by atoms with van der Waals surface area (Å²) in [7, 11) is -8.31. The molecule has 12 nitrogen and oxygen atoms in total. The highest BCUT2D eigenvalue weighted by Crippen LogP contribution is 2.39. The summed E-state index contributed by atoms with van der Waals surface area (Å²) in [6.45, 7) is 1.32. The molecule has 7 N–H and O–H groups in total. The minimum atomic E-state index is -4.40. The van der Waals surface area contributed by atoms with Gasteiger partial charge < -0.3 is 5.32 Å². The lowest BCUT2D eigenvalue weighted by Gasteiger charge is -2.29. The molecule has 0 saturated carbocycles. The molecule has 0 bridgehead atoms. The van der Waals surface area contributed by atoms with Gasteiger partial charge in [0.25, 0.3) is 0 Å². The molecule has 0 radical (unpaired) electrons. The van der Waals surface area contributed by atoms with E-state index in [1.165, 1.54) is 6.07 Å². The lowest BCUT2D eigenvalue weighted by molar-refractivity contribution is 0.486. The van der Waals surface area contributed by atoms with Crippen molar-refractivity contribution in [1.29, 1.82) is 0 Å². The van der Waals surface area contributed by atoms with Crippen LogP contribution in [-0.2, 0) is 32.8 Å². The molecule has 0 amide bonds. The van der Waals surface area contributed by atoms with Crippen molar-refractivity contribution in [2.75, 3.05) is 13.1 Å². The molecule has 2 fully saturated rings. The Labute approximate surface area is 179 Å². The van der Waals surface area contributed by atoms with Crippen molar-refractivity contribution in [3.63, 3.8) is 0 Å². The second-order valence-electron chi connectivity index (χ2n) is 7.88. The SMILES string of the molecule is NS(=O)(=O)c1c(S(=O)(=O)C2CNC2)ccc(-c2cnn3c2CCCC3)c1C1NNNN1. The van der Waals surface area contributed by atoms with Crippen LogP contribution < -0.4 is 32.4 Å². The summed E-state index contributed by atoms with van der Waals surface area (Å²) in [6, 6.07) is 3.01. The molecule has 3 aliphatic heterocycles. The van der Waals surface area contributed by atoms with Crippen molar-refractivity contribution >= 4 is 19.9 Å². The quantitative estimate of drug-likeness (QED) is 0.300. The molecule has 0 aliphatic carbocycles. The van der Waals surface area contributed by atoms with E-state index in [1.54, 1.807) is 12.3 Å². The van der Waals surface area contributed by atoms with Gasteiger partial charge in [0.15, 0.2) is 9.84 Å². The van der Waals surface area contributed by atoms with Gasteiger partial charge in [0, 0.05) is 36.5 Å². The summed E-state index contributed by atoms with van der Waals surface area (Å²) in [5, 5.41) is 12.3. The Morgan fingerprint density at radius 1 is 1.03 bits per heavy atom. The predicted molar refractivity (Wildman–Crippen MR) is 111 cm³/mol. The fraction of sp³-hybridized carbons (Fsp3) is 0.471. The molecule has 5 rings (SSSR count). The van der Waals surface area contributed by atoms with Crippen LogP contribution in [0.2, 0.25) is 0 Å². The molecule has 1 aromatic heterocycles. The number of sulfone groups is 1. The average Bonchev–Trinajstić information content (AvgIpc) is 3.34. The zero-order valence-electron chi connectivity index (χ0n) is 16.6. The van der Waals surface area contributed by atoms with Gasteiger partial charge in [0.05, 0.1) is 16.3 Å². The van der Waals surface area contributed by atoms with Gasteiger partial charge in [-0.1, -0.05) is 6.07 Å². The van der Waals surface area contributed by atoms with E-state index in [-0.39, 0.29) is 23.5 Å². The summed E-state index contributed by atoms with van der Waals surface area (Å²) >= 11 is 0. The van der Waals surface area contributed by atoms with Gasteiger partial charge >= 0.3 is 0 Å². The number of hydrogen-bond donors (Lipinski definition) is 6. The van der Waals surface area contributed by atoms with Crippen LogP contribution in [0, 0.1) is 0 Å². The molecule has 168 valence electrons. The van der Waals surface area contributed by atoms with Gasteiger partial charge in [-0.05, 0) is 30.9 Å². The van der Waals surface area contributed by atoms with Crippen LogP contribution >= 0.6 is 0 Å². The van der Waals surface area contributed by atoms with Crippen LogP contribution in [-0.4, -0.2) is 45.0 Å². The van der Waals surface area contributed by atoms with Crippen LogP contribution in [0.1, 0.15) is 30.3 Å². The van der Waals surface area contributed by atoms with Crippen molar-refractivity contribution in [2.24, 2.45) is 5.14 Å². The van der Waals surface area contributed by atoms with Crippen LogP contribution in [0.25, 0.3) is 11.1 Å². The maximum Gasteiger partial charge on any atom is 0.239 e. The molecule has 2 aromatic rings. The third kappa shape index (κ3) is 3.48. The fourth-order valence-electron chi connectivity index (χ4n) is 4.32. The minimum absolute atomic E-state index is 0.231. The zero-order chi connectivity index (χ0) is 21.8. The maximum absolute atomic E-state index is 13.2. The number of nitrogens with zero attached hydrogens (tertiary/aromatic N) is 2. The number of aromatic nitrogens is 2. The molecule has 0 spiro atoms. The van der Waals surface area contributed by atoms with Gasteiger partial charge in [-0.15, -0.1) is 0 Å². The Morgan fingerprint density at radius 3 is 2.42 bits per heavy atom. The summed E-state index contributed by atoms with van der Waals surface area (Å²) in [6.07, 6.45) is 3.77. The molecule has 2 saturated heterocycles. The summed E-state index contributed by atoms with van der Waals surface area (Å²) in [5.41, 5.74) is 13.6. The van der Waals surface area contributed by atoms with Crippen LogP contribution in [0.3, 0.4) is 0 Å². The van der Waals surface area contributed by atoms with Crippen LogP contribution in [0.4, 0.5) is 0 Å². The number of sulfonamides is 1. The topological polar surface area (TPSA) is 172 Å². The second kappa shape index (κ2) is 7.60. The summed E-state index contributed by atoms with van der Waals surface area (Å²) < 4.78 is 54.0. The molecular formula is C17H24N8O4S2. The Balaban J connectivity index is 1.79. The first-order chi connectivity index (χ1) is 14.8. The van der Waals surface area contributed by atoms with E-state index in [0.29, 0.717) is 5.56 Å². The number of rotatable bonds is 5. The number of aryl methyl sites for hydroxylation is 1. The van der Waals surface area contributed by atoms with E-state index >= 15 is 0 Å². The molecule has 14 heteroatoms. The van der Waals surface area contributed by atoms with Crippen molar-refractivity contribution in [3.05, 3.63) is 29.6 Å². The second-order valence-corrected chi connectivity index (χ2v) is 11.6. The van der Waals surface area contributed by atoms with E-state index in [2.05, 4.69) is 32.3 Å². The maximum atomic E-state index is 13.2. The lowest BCUT2D eigenvalue weighted by atomic mass is 9.95. The predicted octanol–water partition coefficient (Wildman–Crippen LogP) is -1.61. The first-order valence-corrected chi connectivity index (χ1v) is 13.1. The number of nitrogens with one attached hydrogen (secondary N) is 5. The molecule has 31 heavy (non-hydrogen) atoms. The highest BCUT2D eigenvalue weighted by atomic mass is 32.2. The van der Waals surface area contributed by atoms with E-state index in [0.717, 1.165) is 37.1 Å². The number of hydrazine groups is 3. The zero-order valence-corrected chi connectivity index (χ0v) is 18.2. The Kier molecular flexibility index (Phi) is 5.14. The molecule has 0 atom stereocenters. The number of fused-ring (bicyclic) bond motifs is 1. The molecule has 3 aliphatic rings. The number of primary sulfonamides is 1. The van der Waals surface area contributed by atoms with Crippen LogP contribution in [0.15, 0.2) is 28.1 Å². The molecule has 4 heterocycles. The number of hydrogen-bond acceptors (Lipinski definition) is 10. The van der Waals surface area contributed by atoms with Gasteiger partial charge in [0.1, 0.15) is 11.1 Å². The first kappa shape index (κ1) is 21.0. The van der Waals surface area contributed by atoms with Crippen LogP contribution in [0.5, 0.6) is 0 Å². The molecule has 0 unspecified atom stereocenters. The van der Waals surface area contributed by atoms with E-state index in [9.17, 15) is 16.8 Å².